The maximum atomic E-state index is 11.1. The van der Waals surface area contributed by atoms with E-state index in [0.29, 0.717) is 18.0 Å². The second-order valence-corrected chi connectivity index (χ2v) is 5.59. The van der Waals surface area contributed by atoms with Crippen LogP contribution >= 0.6 is 11.3 Å². The van der Waals surface area contributed by atoms with Crippen molar-refractivity contribution in [3.05, 3.63) is 21.9 Å². The lowest BCUT2D eigenvalue weighted by atomic mass is 9.93. The van der Waals surface area contributed by atoms with Crippen LogP contribution in [0.1, 0.15) is 28.4 Å². The summed E-state index contributed by atoms with van der Waals surface area (Å²) in [5, 5.41) is 11.8. The van der Waals surface area contributed by atoms with Crippen LogP contribution in [0, 0.1) is 5.41 Å². The van der Waals surface area contributed by atoms with E-state index in [1.165, 1.54) is 11.3 Å². The zero-order chi connectivity index (χ0) is 13.1. The van der Waals surface area contributed by atoms with Gasteiger partial charge in [-0.05, 0) is 26.0 Å². The van der Waals surface area contributed by atoms with Crippen LogP contribution in [-0.2, 0) is 11.3 Å². The average molecular weight is 256 g/mol. The first-order chi connectivity index (χ1) is 7.83. The van der Waals surface area contributed by atoms with Crippen LogP contribution in [0.15, 0.2) is 12.1 Å². The highest BCUT2D eigenvalue weighted by Gasteiger charge is 2.24. The Morgan fingerprint density at radius 1 is 1.47 bits per heavy atom. The number of carbonyl (C=O) groups is 2. The van der Waals surface area contributed by atoms with Gasteiger partial charge >= 0.3 is 5.97 Å². The molecule has 6 heteroatoms. The van der Waals surface area contributed by atoms with E-state index in [1.54, 1.807) is 26.0 Å². The quantitative estimate of drug-likeness (QED) is 0.709. The number of hydrogen-bond donors (Lipinski definition) is 3. The molecule has 1 amide bonds. The summed E-state index contributed by atoms with van der Waals surface area (Å²) in [5.74, 6) is -1.28. The fourth-order valence-electron chi connectivity index (χ4n) is 1.17. The molecule has 0 unspecified atom stereocenters. The Bertz CT molecular complexity index is 426. The maximum absolute atomic E-state index is 11.1. The number of rotatable bonds is 6. The maximum Gasteiger partial charge on any atom is 0.345 e. The molecule has 1 aromatic heterocycles. The molecule has 1 rings (SSSR count). The lowest BCUT2D eigenvalue weighted by Crippen LogP contribution is -2.40. The number of carbonyl (C=O) groups excluding carboxylic acids is 1. The van der Waals surface area contributed by atoms with Gasteiger partial charge in [0.1, 0.15) is 4.88 Å². The van der Waals surface area contributed by atoms with Gasteiger partial charge in [0.2, 0.25) is 5.91 Å². The van der Waals surface area contributed by atoms with Gasteiger partial charge in [0, 0.05) is 18.0 Å². The molecular formula is C11H16N2O3S. The Morgan fingerprint density at radius 2 is 2.12 bits per heavy atom. The second kappa shape index (κ2) is 5.29. The number of nitrogens with two attached hydrogens (primary N) is 1. The zero-order valence-electron chi connectivity index (χ0n) is 9.82. The third-order valence-electron chi connectivity index (χ3n) is 2.41. The Labute approximate surface area is 104 Å². The number of thiophene rings is 1. The fourth-order valence-corrected chi connectivity index (χ4v) is 1.99. The third kappa shape index (κ3) is 3.83. The molecule has 94 valence electrons. The predicted molar refractivity (Wildman–Crippen MR) is 66.0 cm³/mol. The van der Waals surface area contributed by atoms with E-state index >= 15 is 0 Å². The first kappa shape index (κ1) is 13.7. The molecule has 0 aliphatic heterocycles. The minimum Gasteiger partial charge on any atom is -0.477 e. The topological polar surface area (TPSA) is 92.4 Å². The van der Waals surface area contributed by atoms with Crippen LogP contribution in [0.2, 0.25) is 0 Å². The van der Waals surface area contributed by atoms with Crippen LogP contribution < -0.4 is 11.1 Å². The molecule has 1 heterocycles. The van der Waals surface area contributed by atoms with E-state index in [0.717, 1.165) is 4.88 Å². The molecule has 0 fully saturated rings. The normalized spacial score (nSPS) is 11.4. The van der Waals surface area contributed by atoms with Crippen molar-refractivity contribution in [1.29, 1.82) is 0 Å². The SMILES string of the molecule is CC(C)(CNCc1ccc(C(=O)O)s1)C(N)=O. The van der Waals surface area contributed by atoms with Crippen LogP contribution in [0.3, 0.4) is 0 Å². The highest BCUT2D eigenvalue weighted by atomic mass is 32.1. The van der Waals surface area contributed by atoms with Crippen LogP contribution in [0.4, 0.5) is 0 Å². The van der Waals surface area contributed by atoms with Gasteiger partial charge in [0.05, 0.1) is 5.41 Å². The van der Waals surface area contributed by atoms with Crippen LogP contribution in [0.5, 0.6) is 0 Å². The number of amides is 1. The summed E-state index contributed by atoms with van der Waals surface area (Å²) in [5.41, 5.74) is 4.64. The minimum atomic E-state index is -0.918. The largest absolute Gasteiger partial charge is 0.477 e. The van der Waals surface area contributed by atoms with E-state index in [9.17, 15) is 9.59 Å². The van der Waals surface area contributed by atoms with Crippen molar-refractivity contribution in [2.75, 3.05) is 6.54 Å². The van der Waals surface area contributed by atoms with Crippen molar-refractivity contribution in [3.63, 3.8) is 0 Å². The summed E-state index contributed by atoms with van der Waals surface area (Å²) in [6, 6.07) is 3.33. The van der Waals surface area contributed by atoms with E-state index in [4.69, 9.17) is 10.8 Å². The molecule has 0 atom stereocenters. The molecule has 4 N–H and O–H groups in total. The molecule has 17 heavy (non-hydrogen) atoms. The third-order valence-corrected chi connectivity index (χ3v) is 3.48. The summed E-state index contributed by atoms with van der Waals surface area (Å²) in [4.78, 5) is 23.0. The number of carboxylic acid groups (broad SMARTS) is 1. The molecule has 0 saturated heterocycles. The van der Waals surface area contributed by atoms with Gasteiger partial charge in [0.25, 0.3) is 0 Å². The number of hydrogen-bond acceptors (Lipinski definition) is 4. The van der Waals surface area contributed by atoms with Crippen molar-refractivity contribution >= 4 is 23.2 Å². The monoisotopic (exact) mass is 256 g/mol. The van der Waals surface area contributed by atoms with E-state index in [1.807, 2.05) is 0 Å². The Kier molecular flexibility index (Phi) is 4.25. The summed E-state index contributed by atoms with van der Waals surface area (Å²) in [7, 11) is 0. The summed E-state index contributed by atoms with van der Waals surface area (Å²) in [6.07, 6.45) is 0. The minimum absolute atomic E-state index is 0.316. The van der Waals surface area contributed by atoms with Crippen LogP contribution in [-0.4, -0.2) is 23.5 Å². The Morgan fingerprint density at radius 3 is 2.59 bits per heavy atom. The summed E-state index contributed by atoms with van der Waals surface area (Å²) in [6.45, 7) is 4.52. The molecule has 0 saturated carbocycles. The molecule has 1 aromatic rings. The Balaban J connectivity index is 2.46. The zero-order valence-corrected chi connectivity index (χ0v) is 10.6. The number of carboxylic acids is 1. The molecule has 0 spiro atoms. The van der Waals surface area contributed by atoms with Gasteiger partial charge < -0.3 is 16.2 Å². The molecule has 0 aliphatic carbocycles. The Hall–Kier alpha value is -1.40. The smallest absolute Gasteiger partial charge is 0.345 e. The van der Waals surface area contributed by atoms with Crippen molar-refractivity contribution in [2.24, 2.45) is 11.1 Å². The van der Waals surface area contributed by atoms with E-state index < -0.39 is 11.4 Å². The van der Waals surface area contributed by atoms with Crippen LogP contribution in [0.25, 0.3) is 0 Å². The van der Waals surface area contributed by atoms with Crippen molar-refractivity contribution < 1.29 is 14.7 Å². The standard InChI is InChI=1S/C11H16N2O3S/c1-11(2,10(12)16)6-13-5-7-3-4-8(17-7)9(14)15/h3-4,13H,5-6H2,1-2H3,(H2,12,16)(H,14,15). The number of aromatic carboxylic acids is 1. The van der Waals surface area contributed by atoms with Gasteiger partial charge in [-0.1, -0.05) is 0 Å². The van der Waals surface area contributed by atoms with Gasteiger partial charge in [0.15, 0.2) is 0 Å². The first-order valence-electron chi connectivity index (χ1n) is 5.15. The van der Waals surface area contributed by atoms with Gasteiger partial charge in [-0.2, -0.15) is 0 Å². The van der Waals surface area contributed by atoms with Gasteiger partial charge in [-0.15, -0.1) is 11.3 Å². The van der Waals surface area contributed by atoms with E-state index in [2.05, 4.69) is 5.32 Å². The van der Waals surface area contributed by atoms with E-state index in [-0.39, 0.29) is 5.91 Å². The molecular weight excluding hydrogens is 240 g/mol. The molecule has 0 radical (unpaired) electrons. The van der Waals surface area contributed by atoms with Crippen molar-refractivity contribution in [3.8, 4) is 0 Å². The highest BCUT2D eigenvalue weighted by molar-refractivity contribution is 7.13. The molecule has 0 aromatic carbocycles. The number of nitrogens with one attached hydrogen (secondary N) is 1. The average Bonchev–Trinajstić information content (AvgIpc) is 2.66. The summed E-state index contributed by atoms with van der Waals surface area (Å²) >= 11 is 1.22. The molecule has 5 nitrogen and oxygen atoms in total. The predicted octanol–water partition coefficient (Wildman–Crippen LogP) is 1.05. The lowest BCUT2D eigenvalue weighted by Gasteiger charge is -2.20. The fraction of sp³-hybridized carbons (Fsp3) is 0.455. The summed E-state index contributed by atoms with van der Waals surface area (Å²) < 4.78 is 0. The second-order valence-electron chi connectivity index (χ2n) is 4.42. The van der Waals surface area contributed by atoms with Crippen molar-refractivity contribution in [1.82, 2.24) is 5.32 Å². The highest BCUT2D eigenvalue weighted by Crippen LogP contribution is 2.17. The van der Waals surface area contributed by atoms with Crippen molar-refractivity contribution in [2.45, 2.75) is 20.4 Å². The molecule has 0 bridgehead atoms. The number of primary amides is 1. The lowest BCUT2D eigenvalue weighted by molar-refractivity contribution is -0.125. The molecule has 0 aliphatic rings. The van der Waals surface area contributed by atoms with Gasteiger partial charge in [-0.3, -0.25) is 4.79 Å². The first-order valence-corrected chi connectivity index (χ1v) is 5.97. The van der Waals surface area contributed by atoms with Gasteiger partial charge in [-0.25, -0.2) is 4.79 Å².